The first-order valence-corrected chi connectivity index (χ1v) is 24.5. The van der Waals surface area contributed by atoms with Crippen molar-refractivity contribution in [1.29, 1.82) is 0 Å². The van der Waals surface area contributed by atoms with Gasteiger partial charge in [0, 0.05) is 10.8 Å². The number of aliphatic imine (C=N–C) groups is 1. The van der Waals surface area contributed by atoms with Crippen LogP contribution in [0.5, 0.6) is 23.0 Å². The molecule has 1 amide bonds. The average Bonchev–Trinajstić information content (AvgIpc) is 3.33. The maximum absolute atomic E-state index is 13.3. The third-order valence-electron chi connectivity index (χ3n) is 10.7. The average molecular weight is 1090 g/mol. The van der Waals surface area contributed by atoms with Crippen molar-refractivity contribution in [3.8, 4) is 23.0 Å². The number of phenolic OH excluding ortho intramolecular Hbond substituents is 1. The summed E-state index contributed by atoms with van der Waals surface area (Å²) in [7, 11) is -6.15. The van der Waals surface area contributed by atoms with Gasteiger partial charge in [-0.1, -0.05) is 102 Å². The van der Waals surface area contributed by atoms with Gasteiger partial charge in [0.25, 0.3) is 26.1 Å². The minimum absolute atomic E-state index is 0. The van der Waals surface area contributed by atoms with Crippen LogP contribution in [0.4, 0.5) is 34.1 Å². The minimum atomic E-state index is -4.54. The maximum atomic E-state index is 13.3. The van der Waals surface area contributed by atoms with Gasteiger partial charge in [0.05, 0.1) is 51.0 Å². The van der Waals surface area contributed by atoms with Crippen LogP contribution in [-0.2, 0) is 20.2 Å². The van der Waals surface area contributed by atoms with Crippen molar-refractivity contribution in [3.05, 3.63) is 166 Å². The fourth-order valence-electron chi connectivity index (χ4n) is 7.19. The van der Waals surface area contributed by atoms with Gasteiger partial charge < -0.3 is 30.1 Å². The Bertz CT molecular complexity index is 3790. The van der Waals surface area contributed by atoms with Gasteiger partial charge in [0.2, 0.25) is 0 Å². The van der Waals surface area contributed by atoms with E-state index < -0.39 is 48.4 Å². The van der Waals surface area contributed by atoms with Crippen LogP contribution < -0.4 is 25.0 Å². The molecule has 0 bridgehead atoms. The summed E-state index contributed by atoms with van der Waals surface area (Å²) in [5, 5.41) is 58.4. The number of para-hydroxylation sites is 4. The van der Waals surface area contributed by atoms with E-state index in [1.807, 2.05) is 0 Å². The molecule has 8 aromatic carbocycles. The van der Waals surface area contributed by atoms with Crippen molar-refractivity contribution < 1.29 is 55.5 Å². The standard InChI is InChI=1S/2C25H20ClN3O6S.Ca/c2*1-14-11-18(26)20(13-22(14)36(32,33)34)28-29-23-16-8-4-3-7-15(16)12-17(24(23)30)25(31)27-19-9-5-6-10-21(19)35-2;/h2*3-13,30H,1-2H3,(H,27,31)(H,32,33,34);/q;;+2/p-2. The number of azo groups is 2. The van der Waals surface area contributed by atoms with Crippen LogP contribution in [0.2, 0.25) is 10.0 Å². The number of anilines is 1. The quantitative estimate of drug-likeness (QED) is 0.0292. The van der Waals surface area contributed by atoms with Crippen LogP contribution in [0, 0.1) is 13.8 Å². The number of nitrogens with zero attached hydrogens (tertiary/aromatic N) is 5. The van der Waals surface area contributed by atoms with Crippen molar-refractivity contribution in [1.82, 2.24) is 0 Å². The summed E-state index contributed by atoms with van der Waals surface area (Å²) >= 11 is 12.4. The van der Waals surface area contributed by atoms with Crippen LogP contribution >= 0.6 is 23.2 Å². The number of aryl methyl sites for hydroxylation is 2. The van der Waals surface area contributed by atoms with Crippen molar-refractivity contribution in [2.24, 2.45) is 25.4 Å². The number of fused-ring (bicyclic) bond motifs is 2. The van der Waals surface area contributed by atoms with Crippen molar-refractivity contribution in [3.63, 3.8) is 0 Å². The monoisotopic (exact) mass is 1090 g/mol. The Kier molecular flexibility index (Phi) is 17.8. The number of methoxy groups -OCH3 is 2. The molecule has 0 aliphatic carbocycles. The second-order valence-electron chi connectivity index (χ2n) is 15.4. The Morgan fingerprint density at radius 2 is 1.05 bits per heavy atom. The zero-order valence-electron chi connectivity index (χ0n) is 38.7. The molecule has 0 heterocycles. The summed E-state index contributed by atoms with van der Waals surface area (Å²) in [6.07, 6.45) is 0. The third kappa shape index (κ3) is 12.7. The zero-order chi connectivity index (χ0) is 52.1. The zero-order valence-corrected chi connectivity index (χ0v) is 44.1. The van der Waals surface area contributed by atoms with Crippen LogP contribution in [-0.4, -0.2) is 94.8 Å². The molecule has 0 radical (unpaired) electrons. The summed E-state index contributed by atoms with van der Waals surface area (Å²) in [6.45, 7) is 2.93. The number of aromatic hydroxyl groups is 1. The van der Waals surface area contributed by atoms with Gasteiger partial charge in [0.15, 0.2) is 5.75 Å². The van der Waals surface area contributed by atoms with Gasteiger partial charge in [-0.3, -0.25) is 18.9 Å². The molecule has 23 heteroatoms. The Morgan fingerprint density at radius 1 is 0.603 bits per heavy atom. The molecule has 0 aliphatic rings. The van der Waals surface area contributed by atoms with Gasteiger partial charge in [-0.2, -0.15) is 21.9 Å². The molecule has 18 nitrogen and oxygen atoms in total. The molecule has 8 rings (SSSR count). The van der Waals surface area contributed by atoms with Crippen molar-refractivity contribution in [2.75, 3.05) is 19.5 Å². The number of phenols is 1. The van der Waals surface area contributed by atoms with Gasteiger partial charge in [-0.05, 0) is 108 Å². The van der Waals surface area contributed by atoms with Gasteiger partial charge >= 0.3 is 37.7 Å². The van der Waals surface area contributed by atoms with Crippen molar-refractivity contribution >= 4 is 149 Å². The van der Waals surface area contributed by atoms with E-state index in [4.69, 9.17) is 32.7 Å². The molecule has 4 N–H and O–H groups in total. The maximum Gasteiger partial charge on any atom is 2.00 e. The van der Waals surface area contributed by atoms with E-state index in [2.05, 4.69) is 30.8 Å². The minimum Gasteiger partial charge on any atom is -0.871 e. The largest absolute Gasteiger partial charge is 2.00 e. The Morgan fingerprint density at radius 3 is 1.59 bits per heavy atom. The predicted molar refractivity (Wildman–Crippen MR) is 275 cm³/mol. The summed E-state index contributed by atoms with van der Waals surface area (Å²) in [5.41, 5.74) is 0.474. The molecule has 368 valence electrons. The molecule has 0 fully saturated rings. The summed E-state index contributed by atoms with van der Waals surface area (Å²) in [6, 6.07) is 34.8. The predicted octanol–water partition coefficient (Wildman–Crippen LogP) is 11.0. The smallest absolute Gasteiger partial charge is 0.871 e. The number of benzene rings is 8. The molecular weight excluding hydrogens is 1050 g/mol. The number of hydrogen-bond donors (Lipinski definition) is 4. The van der Waals surface area contributed by atoms with Crippen LogP contribution in [0.1, 0.15) is 27.0 Å². The number of halogens is 2. The third-order valence-corrected chi connectivity index (χ3v) is 13.3. The van der Waals surface area contributed by atoms with E-state index in [-0.39, 0.29) is 103 Å². The molecule has 8 aromatic rings. The van der Waals surface area contributed by atoms with Crippen LogP contribution in [0.25, 0.3) is 21.5 Å². The van der Waals surface area contributed by atoms with Crippen LogP contribution in [0.15, 0.2) is 169 Å². The van der Waals surface area contributed by atoms with E-state index in [1.165, 1.54) is 52.3 Å². The second kappa shape index (κ2) is 23.4. The molecule has 0 saturated carbocycles. The number of carbonyl (C=O) groups is 1. The number of rotatable bonds is 12. The van der Waals surface area contributed by atoms with Crippen molar-refractivity contribution in [2.45, 2.75) is 23.6 Å². The Labute approximate surface area is 457 Å². The molecule has 73 heavy (non-hydrogen) atoms. The van der Waals surface area contributed by atoms with Gasteiger partial charge in [-0.15, -0.1) is 15.3 Å². The number of hydrogen-bond acceptors (Lipinski definition) is 15. The number of amides is 1. The molecule has 0 aliphatic heterocycles. The second-order valence-corrected chi connectivity index (χ2v) is 19.0. The molecular formula is C50H38CaCl2N6O12S2. The molecule has 0 saturated heterocycles. The Balaban J connectivity index is 0.000000235. The van der Waals surface area contributed by atoms with Crippen LogP contribution in [0.3, 0.4) is 0 Å². The molecule has 0 spiro atoms. The summed E-state index contributed by atoms with van der Waals surface area (Å²) in [5.74, 6) is -1.77. The van der Waals surface area contributed by atoms with E-state index in [1.54, 1.807) is 97.1 Å². The number of ether oxygens (including phenoxy) is 2. The SMILES string of the molecule is COc1ccccc1N=C([O-])c1cc2ccccc2c(N=Nc2cc(S(=O)(=O)O)c(C)cc2Cl)c1[O-].COc1ccccc1NC(=O)c1cc2ccccc2c(N=Nc2cc(S(=O)(=O)O)c(C)cc2Cl)c1O.[Ca+2]. The fourth-order valence-corrected chi connectivity index (χ4v) is 9.15. The first kappa shape index (κ1) is 55.6. The van der Waals surface area contributed by atoms with E-state index in [0.717, 1.165) is 12.1 Å². The normalized spacial score (nSPS) is 11.9. The number of nitrogens with one attached hydrogen (secondary N) is 1. The number of carbonyl (C=O) groups excluding carboxylic acids is 1. The van der Waals surface area contributed by atoms with Gasteiger partial charge in [-0.25, -0.2) is 0 Å². The first-order valence-electron chi connectivity index (χ1n) is 20.9. The molecule has 0 aromatic heterocycles. The van der Waals surface area contributed by atoms with E-state index in [9.17, 15) is 46.1 Å². The fraction of sp³-hybridized carbons (Fsp3) is 0.0800. The molecule has 0 unspecified atom stereocenters. The molecule has 0 atom stereocenters. The summed E-state index contributed by atoms with van der Waals surface area (Å²) in [4.78, 5) is 16.4. The van der Waals surface area contributed by atoms with E-state index >= 15 is 0 Å². The van der Waals surface area contributed by atoms with E-state index in [0.29, 0.717) is 38.7 Å². The van der Waals surface area contributed by atoms with Gasteiger partial charge in [0.1, 0.15) is 34.2 Å². The summed E-state index contributed by atoms with van der Waals surface area (Å²) < 4.78 is 76.1. The topological polar surface area (TPSA) is 284 Å². The first-order chi connectivity index (χ1) is 34.2. The Hall–Kier alpha value is -6.72.